The molecule has 154 valence electrons. The van der Waals surface area contributed by atoms with Gasteiger partial charge in [0.1, 0.15) is 5.76 Å². The number of fused-ring (bicyclic) bond motifs is 1. The number of Topliss-reactive ketones (excluding diaryl/α,β-unsaturated/α-hetero) is 1. The van der Waals surface area contributed by atoms with Crippen LogP contribution in [0.3, 0.4) is 0 Å². The molecule has 3 heteroatoms. The molecule has 31 heavy (non-hydrogen) atoms. The van der Waals surface area contributed by atoms with Crippen LogP contribution in [0.4, 0.5) is 17.1 Å². The Labute approximate surface area is 183 Å². The quantitative estimate of drug-likeness (QED) is 0.248. The molecular weight excluding hydrogens is 382 g/mol. The van der Waals surface area contributed by atoms with E-state index in [9.17, 15) is 4.79 Å². The Morgan fingerprint density at radius 3 is 2.00 bits per heavy atom. The summed E-state index contributed by atoms with van der Waals surface area (Å²) in [6.45, 7) is 3.38. The van der Waals surface area contributed by atoms with Gasteiger partial charge in [-0.3, -0.25) is 4.79 Å². The fourth-order valence-electron chi connectivity index (χ4n) is 3.94. The minimum Gasteiger partial charge on any atom is -0.501 e. The van der Waals surface area contributed by atoms with Gasteiger partial charge in [-0.25, -0.2) is 0 Å². The highest BCUT2D eigenvalue weighted by Crippen LogP contribution is 2.39. The van der Waals surface area contributed by atoms with Gasteiger partial charge in [0.2, 0.25) is 0 Å². The third-order valence-corrected chi connectivity index (χ3v) is 5.45. The molecule has 4 aromatic carbocycles. The van der Waals surface area contributed by atoms with Gasteiger partial charge in [0, 0.05) is 16.8 Å². The average molecular weight is 408 g/mol. The van der Waals surface area contributed by atoms with Gasteiger partial charge in [-0.05, 0) is 55.1 Å². The number of allylic oxidation sites excluding steroid dienone is 2. The highest BCUT2D eigenvalue weighted by molar-refractivity contribution is 6.20. The van der Waals surface area contributed by atoms with Crippen LogP contribution in [-0.2, 0) is 9.53 Å². The van der Waals surface area contributed by atoms with Crippen molar-refractivity contribution in [3.63, 3.8) is 0 Å². The fraction of sp³-hybridized carbons (Fsp3) is 0.107. The van der Waals surface area contributed by atoms with Gasteiger partial charge in [0.15, 0.2) is 5.78 Å². The molecule has 0 fully saturated rings. The maximum atomic E-state index is 12.2. The van der Waals surface area contributed by atoms with Crippen molar-refractivity contribution < 1.29 is 9.53 Å². The Hall–Kier alpha value is -3.85. The molecule has 0 aromatic heterocycles. The molecular formula is C28H25NO2. The van der Waals surface area contributed by atoms with Gasteiger partial charge in [0.05, 0.1) is 18.4 Å². The number of nitrogens with zero attached hydrogens (tertiary/aromatic N) is 1. The molecule has 0 aliphatic rings. The number of anilines is 3. The van der Waals surface area contributed by atoms with E-state index in [4.69, 9.17) is 4.74 Å². The van der Waals surface area contributed by atoms with E-state index in [0.29, 0.717) is 11.3 Å². The van der Waals surface area contributed by atoms with E-state index in [0.717, 1.165) is 22.6 Å². The third-order valence-electron chi connectivity index (χ3n) is 5.45. The first-order valence-corrected chi connectivity index (χ1v) is 10.3. The monoisotopic (exact) mass is 407 g/mol. The first-order valence-electron chi connectivity index (χ1n) is 10.3. The summed E-state index contributed by atoms with van der Waals surface area (Å²) in [7, 11) is 1.59. The van der Waals surface area contributed by atoms with E-state index in [1.165, 1.54) is 10.8 Å². The topological polar surface area (TPSA) is 29.5 Å². The molecule has 0 atom stereocenters. The van der Waals surface area contributed by atoms with Crippen molar-refractivity contribution >= 4 is 39.2 Å². The van der Waals surface area contributed by atoms with Gasteiger partial charge >= 0.3 is 0 Å². The van der Waals surface area contributed by atoms with E-state index in [2.05, 4.69) is 71.6 Å². The van der Waals surface area contributed by atoms with Crippen molar-refractivity contribution in [3.8, 4) is 0 Å². The van der Waals surface area contributed by atoms with Gasteiger partial charge in [0.25, 0.3) is 0 Å². The van der Waals surface area contributed by atoms with Crippen LogP contribution >= 0.6 is 0 Å². The molecule has 0 N–H and O–H groups in total. The van der Waals surface area contributed by atoms with Crippen LogP contribution in [0.15, 0.2) is 103 Å². The number of benzene rings is 4. The molecule has 3 nitrogen and oxygen atoms in total. The molecule has 0 saturated carbocycles. The SMILES string of the molecule is CO/C(C)=C(\C(C)=O)c1ccc(N(c2ccccc2)c2cccc3ccccc23)cc1. The van der Waals surface area contributed by atoms with Crippen LogP contribution < -0.4 is 4.90 Å². The summed E-state index contributed by atoms with van der Waals surface area (Å²) in [5.41, 5.74) is 4.64. The van der Waals surface area contributed by atoms with Gasteiger partial charge in [-0.15, -0.1) is 0 Å². The standard InChI is InChI=1S/C28H25NO2/c1-20(30)28(21(2)31-3)23-16-18-25(19-17-23)29(24-12-5-4-6-13-24)27-15-9-11-22-10-7-8-14-26(22)27/h4-19H,1-3H3/b28-21+. The maximum absolute atomic E-state index is 12.2. The van der Waals surface area contributed by atoms with E-state index < -0.39 is 0 Å². The molecule has 4 rings (SSSR count). The number of rotatable bonds is 6. The van der Waals surface area contributed by atoms with Crippen molar-refractivity contribution in [1.29, 1.82) is 0 Å². The second-order valence-electron chi connectivity index (χ2n) is 7.41. The molecule has 0 radical (unpaired) electrons. The third kappa shape index (κ3) is 4.08. The van der Waals surface area contributed by atoms with Crippen molar-refractivity contribution in [1.82, 2.24) is 0 Å². The summed E-state index contributed by atoms with van der Waals surface area (Å²) < 4.78 is 5.34. The molecule has 0 aliphatic heterocycles. The number of methoxy groups -OCH3 is 1. The predicted molar refractivity (Wildman–Crippen MR) is 129 cm³/mol. The Bertz CT molecular complexity index is 1240. The van der Waals surface area contributed by atoms with Gasteiger partial charge < -0.3 is 9.64 Å². The number of hydrogen-bond acceptors (Lipinski definition) is 3. The van der Waals surface area contributed by atoms with Crippen molar-refractivity contribution in [3.05, 3.63) is 108 Å². The number of ether oxygens (including phenoxy) is 1. The second kappa shape index (κ2) is 8.88. The number of ketones is 1. The summed E-state index contributed by atoms with van der Waals surface area (Å²) in [5, 5.41) is 2.37. The molecule has 0 spiro atoms. The maximum Gasteiger partial charge on any atom is 0.163 e. The van der Waals surface area contributed by atoms with Gasteiger partial charge in [-0.1, -0.05) is 66.7 Å². The Morgan fingerprint density at radius 2 is 1.32 bits per heavy atom. The van der Waals surface area contributed by atoms with Crippen LogP contribution in [-0.4, -0.2) is 12.9 Å². The van der Waals surface area contributed by atoms with Crippen LogP contribution in [0.25, 0.3) is 16.3 Å². The Kier molecular flexibility index (Phi) is 5.85. The van der Waals surface area contributed by atoms with Crippen LogP contribution in [0.5, 0.6) is 0 Å². The van der Waals surface area contributed by atoms with Crippen LogP contribution in [0, 0.1) is 0 Å². The summed E-state index contributed by atoms with van der Waals surface area (Å²) in [6.07, 6.45) is 0. The smallest absolute Gasteiger partial charge is 0.163 e. The lowest BCUT2D eigenvalue weighted by atomic mass is 10.0. The Morgan fingerprint density at radius 1 is 0.710 bits per heavy atom. The molecule has 0 unspecified atom stereocenters. The van der Waals surface area contributed by atoms with Crippen LogP contribution in [0.2, 0.25) is 0 Å². The summed E-state index contributed by atoms with van der Waals surface area (Å²) in [4.78, 5) is 14.4. The lowest BCUT2D eigenvalue weighted by molar-refractivity contribution is -0.111. The number of hydrogen-bond donors (Lipinski definition) is 0. The lowest BCUT2D eigenvalue weighted by Gasteiger charge is -2.27. The molecule has 4 aromatic rings. The zero-order valence-electron chi connectivity index (χ0n) is 18.0. The van der Waals surface area contributed by atoms with Crippen molar-refractivity contribution in [2.45, 2.75) is 13.8 Å². The van der Waals surface area contributed by atoms with Gasteiger partial charge in [-0.2, -0.15) is 0 Å². The highest BCUT2D eigenvalue weighted by atomic mass is 16.5. The number of para-hydroxylation sites is 1. The molecule has 0 bridgehead atoms. The zero-order chi connectivity index (χ0) is 21.8. The van der Waals surface area contributed by atoms with Crippen molar-refractivity contribution in [2.24, 2.45) is 0 Å². The van der Waals surface area contributed by atoms with Crippen molar-refractivity contribution in [2.75, 3.05) is 12.0 Å². The largest absolute Gasteiger partial charge is 0.501 e. The molecule has 0 heterocycles. The summed E-state index contributed by atoms with van der Waals surface area (Å²) in [6, 6.07) is 33.1. The van der Waals surface area contributed by atoms with E-state index in [1.54, 1.807) is 14.0 Å². The number of carbonyl (C=O) groups is 1. The normalized spacial score (nSPS) is 11.7. The fourth-order valence-corrected chi connectivity index (χ4v) is 3.94. The Balaban J connectivity index is 1.87. The summed E-state index contributed by atoms with van der Waals surface area (Å²) in [5.74, 6) is 0.607. The molecule has 0 amide bonds. The minimum absolute atomic E-state index is 0.0129. The average Bonchev–Trinajstić information content (AvgIpc) is 2.81. The lowest BCUT2D eigenvalue weighted by Crippen LogP contribution is -2.10. The molecule has 0 saturated heterocycles. The highest BCUT2D eigenvalue weighted by Gasteiger charge is 2.17. The van der Waals surface area contributed by atoms with Crippen LogP contribution in [0.1, 0.15) is 19.4 Å². The van der Waals surface area contributed by atoms with E-state index in [1.807, 2.05) is 37.3 Å². The minimum atomic E-state index is -0.0129. The number of carbonyl (C=O) groups excluding carboxylic acids is 1. The first kappa shape index (κ1) is 20.4. The summed E-state index contributed by atoms with van der Waals surface area (Å²) >= 11 is 0. The van der Waals surface area contributed by atoms with E-state index in [-0.39, 0.29) is 5.78 Å². The van der Waals surface area contributed by atoms with E-state index >= 15 is 0 Å². The first-order chi connectivity index (χ1) is 15.1. The molecule has 0 aliphatic carbocycles. The second-order valence-corrected chi connectivity index (χ2v) is 7.41. The predicted octanol–water partition coefficient (Wildman–Crippen LogP) is 7.28. The zero-order valence-corrected chi connectivity index (χ0v) is 18.0.